The number of fused-ring (bicyclic) bond motifs is 6. The van der Waals surface area contributed by atoms with Crippen LogP contribution in [0.25, 0.3) is 88.0 Å². The Morgan fingerprint density at radius 1 is 0.300 bits per heavy atom. The quantitative estimate of drug-likeness (QED) is 0.157. The highest BCUT2D eigenvalue weighted by Gasteiger charge is 2.36. The second-order valence-corrected chi connectivity index (χ2v) is 15.9. The molecule has 282 valence electrons. The molecule has 0 amide bonds. The summed E-state index contributed by atoms with van der Waals surface area (Å²) in [5.41, 5.74) is 15.0. The van der Waals surface area contributed by atoms with E-state index in [-0.39, 0.29) is 12.0 Å². The van der Waals surface area contributed by atoms with E-state index in [0.717, 1.165) is 38.8 Å². The van der Waals surface area contributed by atoms with E-state index in [4.69, 9.17) is 9.15 Å². The van der Waals surface area contributed by atoms with Crippen LogP contribution < -0.4 is 4.74 Å². The van der Waals surface area contributed by atoms with Crippen molar-refractivity contribution in [2.24, 2.45) is 0 Å². The SMILES string of the molecule is c1ccc(C2Oc3cc(-c4cccc(-c5c6ccccc6c(-c6ccc(-c7ccc8oc9ccccc9c8c7)cc6)c6ccccc56)c4)ccc3C2c2ccccc2)cc1. The van der Waals surface area contributed by atoms with E-state index in [1.165, 1.54) is 71.6 Å². The van der Waals surface area contributed by atoms with Crippen molar-refractivity contribution >= 4 is 43.5 Å². The summed E-state index contributed by atoms with van der Waals surface area (Å²) in [7, 11) is 0. The third kappa shape index (κ3) is 5.64. The zero-order valence-corrected chi connectivity index (χ0v) is 32.8. The van der Waals surface area contributed by atoms with E-state index < -0.39 is 0 Å². The van der Waals surface area contributed by atoms with Crippen LogP contribution in [0.15, 0.2) is 223 Å². The Balaban J connectivity index is 0.941. The van der Waals surface area contributed by atoms with Crippen LogP contribution in [0, 0.1) is 0 Å². The van der Waals surface area contributed by atoms with Gasteiger partial charge in [-0.15, -0.1) is 0 Å². The highest BCUT2D eigenvalue weighted by atomic mass is 16.5. The summed E-state index contributed by atoms with van der Waals surface area (Å²) in [6, 6.07) is 78.8. The summed E-state index contributed by atoms with van der Waals surface area (Å²) in [6.45, 7) is 0. The van der Waals surface area contributed by atoms with Gasteiger partial charge in [0, 0.05) is 16.3 Å². The molecule has 0 saturated heterocycles. The number of benzene rings is 10. The van der Waals surface area contributed by atoms with Crippen molar-refractivity contribution in [3.8, 4) is 50.3 Å². The fraction of sp³-hybridized carbons (Fsp3) is 0.0345. The standard InChI is InChI=1S/C58H38O2/c1-3-14-38(15-4-1)57-50-32-30-43(36-54(50)60-58(57)40-16-5-2-6-17-40)41-18-13-19-44(34-41)56-48-23-9-7-21-46(48)55(47-22-8-10-24-49(47)56)39-28-26-37(27-29-39)42-31-33-53-51(35-42)45-20-11-12-25-52(45)59-53/h1-36,57-58H. The van der Waals surface area contributed by atoms with Crippen molar-refractivity contribution in [3.05, 3.63) is 235 Å². The van der Waals surface area contributed by atoms with Crippen molar-refractivity contribution in [3.63, 3.8) is 0 Å². The summed E-state index contributed by atoms with van der Waals surface area (Å²) >= 11 is 0. The number of rotatable bonds is 6. The average Bonchev–Trinajstić information content (AvgIpc) is 3.90. The van der Waals surface area contributed by atoms with Crippen LogP contribution in [0.3, 0.4) is 0 Å². The van der Waals surface area contributed by atoms with Crippen LogP contribution in [0.4, 0.5) is 0 Å². The summed E-state index contributed by atoms with van der Waals surface area (Å²) in [4.78, 5) is 0. The van der Waals surface area contributed by atoms with Gasteiger partial charge in [-0.25, -0.2) is 0 Å². The van der Waals surface area contributed by atoms with Gasteiger partial charge in [-0.1, -0.05) is 188 Å². The summed E-state index contributed by atoms with van der Waals surface area (Å²) < 4.78 is 13.0. The minimum absolute atomic E-state index is 0.0927. The highest BCUT2D eigenvalue weighted by Crippen LogP contribution is 2.51. The molecule has 0 bridgehead atoms. The van der Waals surface area contributed by atoms with Crippen LogP contribution in [-0.4, -0.2) is 0 Å². The van der Waals surface area contributed by atoms with Crippen LogP contribution in [-0.2, 0) is 0 Å². The third-order valence-corrected chi connectivity index (χ3v) is 12.5. The lowest BCUT2D eigenvalue weighted by Crippen LogP contribution is -2.11. The van der Waals surface area contributed by atoms with Crippen LogP contribution in [0.5, 0.6) is 5.75 Å². The van der Waals surface area contributed by atoms with Crippen molar-refractivity contribution in [2.75, 3.05) is 0 Å². The molecule has 2 heterocycles. The zero-order chi connectivity index (χ0) is 39.6. The first-order valence-corrected chi connectivity index (χ1v) is 20.7. The number of para-hydroxylation sites is 1. The monoisotopic (exact) mass is 766 g/mol. The Hall–Kier alpha value is -7.68. The largest absolute Gasteiger partial charge is 0.484 e. The van der Waals surface area contributed by atoms with Gasteiger partial charge in [-0.05, 0) is 108 Å². The topological polar surface area (TPSA) is 22.4 Å². The average molecular weight is 767 g/mol. The lowest BCUT2D eigenvalue weighted by Gasteiger charge is -2.20. The fourth-order valence-corrected chi connectivity index (χ4v) is 9.70. The van der Waals surface area contributed by atoms with E-state index in [1.807, 2.05) is 12.1 Å². The molecule has 1 aliphatic rings. The maximum atomic E-state index is 6.87. The fourth-order valence-electron chi connectivity index (χ4n) is 9.70. The molecule has 1 aromatic heterocycles. The first kappa shape index (κ1) is 34.4. The van der Waals surface area contributed by atoms with Crippen molar-refractivity contribution in [1.29, 1.82) is 0 Å². The highest BCUT2D eigenvalue weighted by molar-refractivity contribution is 6.21. The molecule has 0 saturated carbocycles. The number of hydrogen-bond donors (Lipinski definition) is 0. The molecule has 2 unspecified atom stereocenters. The minimum atomic E-state index is -0.0927. The van der Waals surface area contributed by atoms with Crippen LogP contribution in [0.1, 0.15) is 28.7 Å². The van der Waals surface area contributed by atoms with Crippen molar-refractivity contribution < 1.29 is 9.15 Å². The second kappa shape index (κ2) is 14.0. The maximum Gasteiger partial charge on any atom is 0.135 e. The lowest BCUT2D eigenvalue weighted by molar-refractivity contribution is 0.222. The molecule has 10 aromatic carbocycles. The Bertz CT molecular complexity index is 3340. The van der Waals surface area contributed by atoms with E-state index in [9.17, 15) is 0 Å². The molecule has 1 aliphatic heterocycles. The molecule has 12 rings (SSSR count). The molecule has 2 heteroatoms. The molecule has 0 spiro atoms. The van der Waals surface area contributed by atoms with E-state index in [1.54, 1.807) is 0 Å². The number of ether oxygens (including phenoxy) is 1. The van der Waals surface area contributed by atoms with Crippen molar-refractivity contribution in [2.45, 2.75) is 12.0 Å². The maximum absolute atomic E-state index is 6.87. The summed E-state index contributed by atoms with van der Waals surface area (Å²) in [6.07, 6.45) is -0.0927. The van der Waals surface area contributed by atoms with Gasteiger partial charge >= 0.3 is 0 Å². The first-order valence-electron chi connectivity index (χ1n) is 20.7. The van der Waals surface area contributed by atoms with Gasteiger partial charge in [-0.3, -0.25) is 0 Å². The molecule has 11 aromatic rings. The normalized spacial score (nSPS) is 14.8. The van der Waals surface area contributed by atoms with E-state index >= 15 is 0 Å². The smallest absolute Gasteiger partial charge is 0.135 e. The van der Waals surface area contributed by atoms with Gasteiger partial charge in [0.05, 0.1) is 5.92 Å². The Morgan fingerprint density at radius 3 is 1.50 bits per heavy atom. The van der Waals surface area contributed by atoms with Gasteiger partial charge < -0.3 is 9.15 Å². The molecule has 0 radical (unpaired) electrons. The Labute approximate surface area is 348 Å². The minimum Gasteiger partial charge on any atom is -0.484 e. The molecular formula is C58H38O2. The van der Waals surface area contributed by atoms with Crippen LogP contribution in [0.2, 0.25) is 0 Å². The Morgan fingerprint density at radius 2 is 0.800 bits per heavy atom. The van der Waals surface area contributed by atoms with Crippen molar-refractivity contribution in [1.82, 2.24) is 0 Å². The summed E-state index contributed by atoms with van der Waals surface area (Å²) in [5.74, 6) is 1.06. The summed E-state index contributed by atoms with van der Waals surface area (Å²) in [5, 5.41) is 7.23. The van der Waals surface area contributed by atoms with Gasteiger partial charge in [0.1, 0.15) is 23.0 Å². The molecule has 2 atom stereocenters. The second-order valence-electron chi connectivity index (χ2n) is 15.9. The zero-order valence-electron chi connectivity index (χ0n) is 32.8. The van der Waals surface area contributed by atoms with E-state index in [2.05, 4.69) is 206 Å². The first-order chi connectivity index (χ1) is 29.7. The van der Waals surface area contributed by atoms with Crippen LogP contribution >= 0.6 is 0 Å². The van der Waals surface area contributed by atoms with Gasteiger partial charge in [0.2, 0.25) is 0 Å². The molecule has 0 fully saturated rings. The number of hydrogen-bond acceptors (Lipinski definition) is 2. The Kier molecular flexibility index (Phi) is 8.02. The lowest BCUT2D eigenvalue weighted by atomic mass is 9.84. The molecule has 0 aliphatic carbocycles. The third-order valence-electron chi connectivity index (χ3n) is 12.5. The predicted octanol–water partition coefficient (Wildman–Crippen LogP) is 15.8. The van der Waals surface area contributed by atoms with Gasteiger partial charge in [-0.2, -0.15) is 0 Å². The molecular weight excluding hydrogens is 729 g/mol. The van der Waals surface area contributed by atoms with Gasteiger partial charge in [0.15, 0.2) is 0 Å². The number of furan rings is 1. The predicted molar refractivity (Wildman–Crippen MR) is 249 cm³/mol. The van der Waals surface area contributed by atoms with E-state index in [0.29, 0.717) is 0 Å². The van der Waals surface area contributed by atoms with Gasteiger partial charge in [0.25, 0.3) is 0 Å². The molecule has 0 N–H and O–H groups in total. The molecule has 60 heavy (non-hydrogen) atoms. The molecule has 2 nitrogen and oxygen atoms in total.